The van der Waals surface area contributed by atoms with Gasteiger partial charge in [0.15, 0.2) is 0 Å². The summed E-state index contributed by atoms with van der Waals surface area (Å²) in [6, 6.07) is 6.89. The van der Waals surface area contributed by atoms with Crippen LogP contribution in [0.15, 0.2) is 30.3 Å². The molecule has 0 amide bonds. The zero-order valence-electron chi connectivity index (χ0n) is 22.7. The molecule has 2 atom stereocenters. The minimum atomic E-state index is -5.00. The molecule has 8 heteroatoms. The largest absolute Gasteiger partial charge is 0.469 e. The summed E-state index contributed by atoms with van der Waals surface area (Å²) in [6.07, 6.45) is 7.54. The third-order valence-electron chi connectivity index (χ3n) is 6.71. The first-order valence-electron chi connectivity index (χ1n) is 13.7. The van der Waals surface area contributed by atoms with Crippen molar-refractivity contribution < 1.29 is 37.0 Å². The van der Waals surface area contributed by atoms with Gasteiger partial charge in [0.1, 0.15) is 6.10 Å². The highest BCUT2D eigenvalue weighted by Crippen LogP contribution is 2.43. The molecule has 212 valence electrons. The van der Waals surface area contributed by atoms with Gasteiger partial charge in [-0.3, -0.25) is 4.79 Å². The summed E-state index contributed by atoms with van der Waals surface area (Å²) in [4.78, 5) is 24.4. The standard InChI is InChI=1S/C29H45F3O5/c1-4-5-6-7-8-9-10-11-16-21-25(22-17-13-18-23-26(33)35-2)37-27(34)28(36-3,29(30,31)32)24-19-14-12-15-20-24/h12,14-15,19-20,25H,4-11,13,16-18,21-23H2,1-3H3/t25-,28+/m0/s1. The molecule has 37 heavy (non-hydrogen) atoms. The molecule has 1 rings (SSSR count). The third-order valence-corrected chi connectivity index (χ3v) is 6.71. The molecule has 0 saturated carbocycles. The minimum absolute atomic E-state index is 0.286. The van der Waals surface area contributed by atoms with Gasteiger partial charge in [-0.2, -0.15) is 13.2 Å². The number of methoxy groups -OCH3 is 2. The highest BCUT2D eigenvalue weighted by atomic mass is 19.4. The number of rotatable bonds is 20. The number of carbonyl (C=O) groups is 2. The van der Waals surface area contributed by atoms with E-state index in [9.17, 15) is 22.8 Å². The summed E-state index contributed by atoms with van der Waals surface area (Å²) < 4.78 is 57.8. The fourth-order valence-corrected chi connectivity index (χ4v) is 4.49. The van der Waals surface area contributed by atoms with Crippen molar-refractivity contribution in [2.75, 3.05) is 14.2 Å². The Morgan fingerprint density at radius 2 is 1.30 bits per heavy atom. The lowest BCUT2D eigenvalue weighted by atomic mass is 9.92. The molecule has 0 N–H and O–H groups in total. The van der Waals surface area contributed by atoms with Crippen LogP contribution in [-0.4, -0.2) is 38.4 Å². The molecule has 0 saturated heterocycles. The van der Waals surface area contributed by atoms with E-state index in [0.29, 0.717) is 32.1 Å². The van der Waals surface area contributed by atoms with E-state index in [-0.39, 0.29) is 18.0 Å². The Labute approximate surface area is 220 Å². The van der Waals surface area contributed by atoms with E-state index in [1.165, 1.54) is 63.5 Å². The number of hydrogen-bond donors (Lipinski definition) is 0. The molecule has 0 radical (unpaired) electrons. The molecule has 0 unspecified atom stereocenters. The highest BCUT2D eigenvalue weighted by molar-refractivity contribution is 5.82. The molecule has 0 spiro atoms. The molecule has 1 aromatic carbocycles. The van der Waals surface area contributed by atoms with E-state index < -0.39 is 23.9 Å². The van der Waals surface area contributed by atoms with E-state index in [0.717, 1.165) is 32.8 Å². The van der Waals surface area contributed by atoms with Crippen molar-refractivity contribution in [3.05, 3.63) is 35.9 Å². The predicted octanol–water partition coefficient (Wildman–Crippen LogP) is 8.05. The van der Waals surface area contributed by atoms with Crippen molar-refractivity contribution >= 4 is 11.9 Å². The van der Waals surface area contributed by atoms with Crippen molar-refractivity contribution in [3.63, 3.8) is 0 Å². The average molecular weight is 531 g/mol. The first-order valence-corrected chi connectivity index (χ1v) is 13.7. The first kappa shape index (κ1) is 32.9. The fourth-order valence-electron chi connectivity index (χ4n) is 4.49. The number of unbranched alkanes of at least 4 members (excludes halogenated alkanes) is 10. The molecule has 0 aliphatic carbocycles. The van der Waals surface area contributed by atoms with Crippen LogP contribution in [0.25, 0.3) is 0 Å². The molecule has 0 aliphatic rings. The molecule has 0 aliphatic heterocycles. The van der Waals surface area contributed by atoms with Gasteiger partial charge in [-0.25, -0.2) is 4.79 Å². The van der Waals surface area contributed by atoms with E-state index in [1.807, 2.05) is 0 Å². The van der Waals surface area contributed by atoms with Crippen LogP contribution in [0.4, 0.5) is 13.2 Å². The van der Waals surface area contributed by atoms with Crippen LogP contribution >= 0.6 is 0 Å². The number of esters is 2. The van der Waals surface area contributed by atoms with Gasteiger partial charge in [0.05, 0.1) is 7.11 Å². The summed E-state index contributed by atoms with van der Waals surface area (Å²) in [5, 5.41) is 0. The maximum atomic E-state index is 14.3. The van der Waals surface area contributed by atoms with Crippen molar-refractivity contribution in [1.82, 2.24) is 0 Å². The summed E-state index contributed by atoms with van der Waals surface area (Å²) >= 11 is 0. The zero-order chi connectivity index (χ0) is 27.6. The average Bonchev–Trinajstić information content (AvgIpc) is 2.87. The normalized spacial score (nSPS) is 14.1. The monoisotopic (exact) mass is 530 g/mol. The molecule has 0 fully saturated rings. The van der Waals surface area contributed by atoms with E-state index >= 15 is 0 Å². The smallest absolute Gasteiger partial charge is 0.432 e. The maximum absolute atomic E-state index is 14.3. The highest BCUT2D eigenvalue weighted by Gasteiger charge is 2.64. The van der Waals surface area contributed by atoms with Crippen LogP contribution in [-0.2, 0) is 29.4 Å². The number of ether oxygens (including phenoxy) is 3. The Bertz CT molecular complexity index is 754. The van der Waals surface area contributed by atoms with Crippen LogP contribution in [0.3, 0.4) is 0 Å². The van der Waals surface area contributed by atoms with Gasteiger partial charge < -0.3 is 14.2 Å². The van der Waals surface area contributed by atoms with Crippen LogP contribution in [0, 0.1) is 0 Å². The van der Waals surface area contributed by atoms with Gasteiger partial charge in [0, 0.05) is 19.1 Å². The first-order chi connectivity index (χ1) is 17.7. The molecular weight excluding hydrogens is 485 g/mol. The van der Waals surface area contributed by atoms with E-state index in [4.69, 9.17) is 9.47 Å². The van der Waals surface area contributed by atoms with Crippen molar-refractivity contribution in [2.45, 2.75) is 121 Å². The number of hydrogen-bond acceptors (Lipinski definition) is 5. The van der Waals surface area contributed by atoms with Crippen LogP contribution < -0.4 is 0 Å². The molecular formula is C29H45F3O5. The second-order valence-corrected chi connectivity index (χ2v) is 9.57. The van der Waals surface area contributed by atoms with Crippen molar-refractivity contribution in [3.8, 4) is 0 Å². The quantitative estimate of drug-likeness (QED) is 0.126. The molecule has 1 aromatic rings. The van der Waals surface area contributed by atoms with Gasteiger partial charge in [-0.15, -0.1) is 0 Å². The van der Waals surface area contributed by atoms with Gasteiger partial charge in [-0.1, -0.05) is 95.0 Å². The van der Waals surface area contributed by atoms with Gasteiger partial charge >= 0.3 is 18.1 Å². The summed E-state index contributed by atoms with van der Waals surface area (Å²) in [5.41, 5.74) is -3.49. The zero-order valence-corrected chi connectivity index (χ0v) is 22.7. The summed E-state index contributed by atoms with van der Waals surface area (Å²) in [7, 11) is 2.21. The Kier molecular flexibility index (Phi) is 16.2. The Balaban J connectivity index is 2.79. The lowest BCUT2D eigenvalue weighted by molar-refractivity contribution is -0.278. The Morgan fingerprint density at radius 1 is 0.784 bits per heavy atom. The predicted molar refractivity (Wildman–Crippen MR) is 138 cm³/mol. The topological polar surface area (TPSA) is 61.8 Å². The van der Waals surface area contributed by atoms with Crippen LogP contribution in [0.2, 0.25) is 0 Å². The Morgan fingerprint density at radius 3 is 1.78 bits per heavy atom. The van der Waals surface area contributed by atoms with Gasteiger partial charge in [-0.05, 0) is 32.1 Å². The van der Waals surface area contributed by atoms with Crippen LogP contribution in [0.1, 0.15) is 109 Å². The second-order valence-electron chi connectivity index (χ2n) is 9.57. The fraction of sp³-hybridized carbons (Fsp3) is 0.724. The lowest BCUT2D eigenvalue weighted by Crippen LogP contribution is -2.52. The number of benzene rings is 1. The van der Waals surface area contributed by atoms with Crippen molar-refractivity contribution in [1.29, 1.82) is 0 Å². The molecule has 5 nitrogen and oxygen atoms in total. The molecule has 0 aromatic heterocycles. The van der Waals surface area contributed by atoms with Gasteiger partial charge in [0.25, 0.3) is 5.60 Å². The number of carbonyl (C=O) groups excluding carboxylic acids is 2. The summed E-state index contributed by atoms with van der Waals surface area (Å²) in [6.45, 7) is 2.19. The number of halogens is 3. The van der Waals surface area contributed by atoms with E-state index in [1.54, 1.807) is 6.07 Å². The van der Waals surface area contributed by atoms with E-state index in [2.05, 4.69) is 11.7 Å². The third kappa shape index (κ3) is 11.5. The lowest BCUT2D eigenvalue weighted by Gasteiger charge is -2.34. The van der Waals surface area contributed by atoms with Crippen LogP contribution in [0.5, 0.6) is 0 Å². The molecule has 0 heterocycles. The second kappa shape index (κ2) is 18.2. The number of alkyl halides is 3. The minimum Gasteiger partial charge on any atom is -0.469 e. The van der Waals surface area contributed by atoms with Gasteiger partial charge in [0.2, 0.25) is 0 Å². The SMILES string of the molecule is CCCCCCCCCCC[C@@H](CCCCCC(=O)OC)OC(=O)[C@](OC)(c1ccccc1)C(F)(F)F. The Hall–Kier alpha value is -2.09. The summed E-state index contributed by atoms with van der Waals surface area (Å²) in [5.74, 6) is -1.74. The van der Waals surface area contributed by atoms with Crippen molar-refractivity contribution in [2.24, 2.45) is 0 Å². The maximum Gasteiger partial charge on any atom is 0.432 e. The molecule has 0 bridgehead atoms.